The minimum Gasteiger partial charge on any atom is -0.354 e. The molecule has 0 spiro atoms. The standard InChI is InChI=1S/C14H29N3O2.ClH/c1-5-14(15,6-2)11-16-12(18)9-10-13(19)17(7-3)8-4;/h5-11,15H2,1-4H3,(H,16,18);1H. The third-order valence-corrected chi connectivity index (χ3v) is 3.73. The molecule has 0 atom stereocenters. The van der Waals surface area contributed by atoms with E-state index in [0.29, 0.717) is 19.6 Å². The van der Waals surface area contributed by atoms with Gasteiger partial charge >= 0.3 is 0 Å². The largest absolute Gasteiger partial charge is 0.354 e. The first-order chi connectivity index (χ1) is 8.92. The molecule has 3 N–H and O–H groups in total. The van der Waals surface area contributed by atoms with Gasteiger partial charge in [0.15, 0.2) is 0 Å². The minimum atomic E-state index is -0.335. The molecule has 2 amide bonds. The van der Waals surface area contributed by atoms with Gasteiger partial charge in [-0.2, -0.15) is 0 Å². The van der Waals surface area contributed by atoms with Gasteiger partial charge in [0, 0.05) is 38.0 Å². The van der Waals surface area contributed by atoms with Crippen LogP contribution >= 0.6 is 12.4 Å². The molecule has 5 nitrogen and oxygen atoms in total. The number of carbonyl (C=O) groups is 2. The number of hydrogen-bond acceptors (Lipinski definition) is 3. The van der Waals surface area contributed by atoms with E-state index in [0.717, 1.165) is 12.8 Å². The first kappa shape index (κ1) is 21.5. The van der Waals surface area contributed by atoms with Gasteiger partial charge in [-0.15, -0.1) is 12.4 Å². The Labute approximate surface area is 129 Å². The van der Waals surface area contributed by atoms with E-state index in [4.69, 9.17) is 5.73 Å². The molecule has 0 aromatic carbocycles. The fourth-order valence-corrected chi connectivity index (χ4v) is 1.82. The van der Waals surface area contributed by atoms with Crippen molar-refractivity contribution in [2.75, 3.05) is 19.6 Å². The lowest BCUT2D eigenvalue weighted by molar-refractivity contribution is -0.133. The topological polar surface area (TPSA) is 75.4 Å². The van der Waals surface area contributed by atoms with Gasteiger partial charge in [0.1, 0.15) is 0 Å². The van der Waals surface area contributed by atoms with Gasteiger partial charge in [-0.05, 0) is 26.7 Å². The summed E-state index contributed by atoms with van der Waals surface area (Å²) in [6.07, 6.45) is 2.15. The molecule has 0 aromatic heterocycles. The molecule has 0 fully saturated rings. The Morgan fingerprint density at radius 2 is 1.55 bits per heavy atom. The third-order valence-electron chi connectivity index (χ3n) is 3.73. The van der Waals surface area contributed by atoms with Gasteiger partial charge < -0.3 is 16.0 Å². The molecule has 0 radical (unpaired) electrons. The first-order valence-corrected chi connectivity index (χ1v) is 7.25. The molecule has 120 valence electrons. The zero-order valence-corrected chi connectivity index (χ0v) is 14.0. The number of hydrogen-bond donors (Lipinski definition) is 2. The summed E-state index contributed by atoms with van der Waals surface area (Å²) in [6.45, 7) is 9.75. The van der Waals surface area contributed by atoms with Crippen LogP contribution in [0.15, 0.2) is 0 Å². The molecular weight excluding hydrogens is 278 g/mol. The predicted octanol–water partition coefficient (Wildman–Crippen LogP) is 1.69. The molecule has 0 bridgehead atoms. The summed E-state index contributed by atoms with van der Waals surface area (Å²) >= 11 is 0. The smallest absolute Gasteiger partial charge is 0.223 e. The van der Waals surface area contributed by atoms with Gasteiger partial charge in [0.25, 0.3) is 0 Å². The van der Waals surface area contributed by atoms with Crippen LogP contribution in [0.3, 0.4) is 0 Å². The van der Waals surface area contributed by atoms with Crippen molar-refractivity contribution < 1.29 is 9.59 Å². The van der Waals surface area contributed by atoms with Crippen molar-refractivity contribution in [2.24, 2.45) is 5.73 Å². The van der Waals surface area contributed by atoms with Gasteiger partial charge in [-0.1, -0.05) is 13.8 Å². The number of nitrogens with zero attached hydrogens (tertiary/aromatic N) is 1. The van der Waals surface area contributed by atoms with E-state index in [1.54, 1.807) is 4.90 Å². The van der Waals surface area contributed by atoms with E-state index in [9.17, 15) is 9.59 Å². The summed E-state index contributed by atoms with van der Waals surface area (Å²) in [5, 5.41) is 2.82. The molecule has 0 aliphatic rings. The minimum absolute atomic E-state index is 0. The fraction of sp³-hybridized carbons (Fsp3) is 0.857. The molecular formula is C14H30ClN3O2. The van der Waals surface area contributed by atoms with Gasteiger partial charge in [0.05, 0.1) is 0 Å². The molecule has 20 heavy (non-hydrogen) atoms. The highest BCUT2D eigenvalue weighted by atomic mass is 35.5. The van der Waals surface area contributed by atoms with Crippen molar-refractivity contribution in [3.05, 3.63) is 0 Å². The summed E-state index contributed by atoms with van der Waals surface area (Å²) in [4.78, 5) is 25.2. The van der Waals surface area contributed by atoms with E-state index in [1.807, 2.05) is 27.7 Å². The van der Waals surface area contributed by atoms with E-state index in [2.05, 4.69) is 5.32 Å². The normalized spacial score (nSPS) is 10.7. The summed E-state index contributed by atoms with van der Waals surface area (Å²) in [5.41, 5.74) is 5.77. The maximum Gasteiger partial charge on any atom is 0.223 e. The molecule has 0 heterocycles. The second-order valence-corrected chi connectivity index (χ2v) is 4.91. The second kappa shape index (κ2) is 10.9. The summed E-state index contributed by atoms with van der Waals surface area (Å²) in [6, 6.07) is 0. The van der Waals surface area contributed by atoms with E-state index in [1.165, 1.54) is 0 Å². The lowest BCUT2D eigenvalue weighted by atomic mass is 9.94. The van der Waals surface area contributed by atoms with E-state index in [-0.39, 0.29) is 42.6 Å². The number of carbonyl (C=O) groups excluding carboxylic acids is 2. The molecule has 0 saturated heterocycles. The Bertz CT molecular complexity index is 290. The van der Waals surface area contributed by atoms with Crippen LogP contribution < -0.4 is 11.1 Å². The van der Waals surface area contributed by atoms with Crippen LogP contribution in [0, 0.1) is 0 Å². The Balaban J connectivity index is 0. The zero-order valence-electron chi connectivity index (χ0n) is 13.2. The van der Waals surface area contributed by atoms with Crippen LogP contribution in [0.4, 0.5) is 0 Å². The summed E-state index contributed by atoms with van der Waals surface area (Å²) in [7, 11) is 0. The van der Waals surface area contributed by atoms with Gasteiger partial charge in [0.2, 0.25) is 11.8 Å². The van der Waals surface area contributed by atoms with Crippen LogP contribution in [0.5, 0.6) is 0 Å². The molecule has 0 unspecified atom stereocenters. The molecule has 0 rings (SSSR count). The van der Waals surface area contributed by atoms with Crippen molar-refractivity contribution in [1.82, 2.24) is 10.2 Å². The van der Waals surface area contributed by atoms with Gasteiger partial charge in [-0.3, -0.25) is 9.59 Å². The van der Waals surface area contributed by atoms with Crippen LogP contribution in [0.2, 0.25) is 0 Å². The molecule has 6 heteroatoms. The van der Waals surface area contributed by atoms with Crippen LogP contribution in [0.1, 0.15) is 53.4 Å². The lowest BCUT2D eigenvalue weighted by Crippen LogP contribution is -2.49. The first-order valence-electron chi connectivity index (χ1n) is 7.25. The molecule has 0 aromatic rings. The summed E-state index contributed by atoms with van der Waals surface area (Å²) < 4.78 is 0. The highest BCUT2D eigenvalue weighted by Crippen LogP contribution is 2.09. The van der Waals surface area contributed by atoms with Crippen LogP contribution in [-0.2, 0) is 9.59 Å². The van der Waals surface area contributed by atoms with Crippen LogP contribution in [0.25, 0.3) is 0 Å². The average Bonchev–Trinajstić information content (AvgIpc) is 2.43. The maximum atomic E-state index is 11.7. The van der Waals surface area contributed by atoms with Crippen molar-refractivity contribution in [2.45, 2.75) is 58.9 Å². The summed E-state index contributed by atoms with van der Waals surface area (Å²) in [5.74, 6) is -0.0672. The number of rotatable bonds is 9. The lowest BCUT2D eigenvalue weighted by Gasteiger charge is -2.26. The van der Waals surface area contributed by atoms with E-state index < -0.39 is 0 Å². The molecule has 0 aliphatic heterocycles. The number of halogens is 1. The Morgan fingerprint density at radius 3 is 1.95 bits per heavy atom. The predicted molar refractivity (Wildman–Crippen MR) is 84.9 cm³/mol. The molecule has 0 aliphatic carbocycles. The quantitative estimate of drug-likeness (QED) is 0.680. The Kier molecular flexibility index (Phi) is 11.7. The Morgan fingerprint density at radius 1 is 1.05 bits per heavy atom. The van der Waals surface area contributed by atoms with Crippen molar-refractivity contribution in [1.29, 1.82) is 0 Å². The van der Waals surface area contributed by atoms with Gasteiger partial charge in [-0.25, -0.2) is 0 Å². The number of nitrogens with one attached hydrogen (secondary N) is 1. The fourth-order valence-electron chi connectivity index (χ4n) is 1.82. The third kappa shape index (κ3) is 7.70. The highest BCUT2D eigenvalue weighted by Gasteiger charge is 2.21. The average molecular weight is 308 g/mol. The highest BCUT2D eigenvalue weighted by molar-refractivity contribution is 5.85. The second-order valence-electron chi connectivity index (χ2n) is 4.91. The zero-order chi connectivity index (χ0) is 14.9. The van der Waals surface area contributed by atoms with Crippen molar-refractivity contribution in [3.63, 3.8) is 0 Å². The van der Waals surface area contributed by atoms with Crippen molar-refractivity contribution >= 4 is 24.2 Å². The monoisotopic (exact) mass is 307 g/mol. The SMILES string of the molecule is CCN(CC)C(=O)CCC(=O)NCC(N)(CC)CC.Cl. The Hall–Kier alpha value is -0.810. The number of amides is 2. The maximum absolute atomic E-state index is 11.7. The van der Waals surface area contributed by atoms with Crippen LogP contribution in [-0.4, -0.2) is 41.9 Å². The number of nitrogens with two attached hydrogens (primary N) is 1. The molecule has 0 saturated carbocycles. The van der Waals surface area contributed by atoms with Crippen molar-refractivity contribution in [3.8, 4) is 0 Å². The van der Waals surface area contributed by atoms with E-state index >= 15 is 0 Å².